The van der Waals surface area contributed by atoms with Crippen LogP contribution in [0.4, 0.5) is 0 Å². The van der Waals surface area contributed by atoms with E-state index in [9.17, 15) is 9.90 Å². The molecule has 3 rings (SSSR count). The maximum absolute atomic E-state index is 12.0. The minimum Gasteiger partial charge on any atom is -0.467 e. The second kappa shape index (κ2) is 6.79. The molecular formula is C16H19N5O3. The summed E-state index contributed by atoms with van der Waals surface area (Å²) in [7, 11) is 0. The Morgan fingerprint density at radius 2 is 2.29 bits per heavy atom. The van der Waals surface area contributed by atoms with Gasteiger partial charge in [-0.3, -0.25) is 4.79 Å². The first-order valence-electron chi connectivity index (χ1n) is 7.70. The van der Waals surface area contributed by atoms with Crippen molar-refractivity contribution in [2.75, 3.05) is 6.54 Å². The quantitative estimate of drug-likeness (QED) is 0.702. The average Bonchev–Trinajstić information content (AvgIpc) is 3.23. The highest BCUT2D eigenvalue weighted by Gasteiger charge is 2.14. The van der Waals surface area contributed by atoms with Gasteiger partial charge in [0, 0.05) is 17.8 Å². The number of furan rings is 1. The number of fused-ring (bicyclic) bond motifs is 1. The summed E-state index contributed by atoms with van der Waals surface area (Å²) >= 11 is 0. The molecule has 0 spiro atoms. The van der Waals surface area contributed by atoms with Gasteiger partial charge < -0.3 is 14.8 Å². The van der Waals surface area contributed by atoms with E-state index in [1.165, 1.54) is 12.6 Å². The summed E-state index contributed by atoms with van der Waals surface area (Å²) in [5, 5.41) is 16.7. The zero-order valence-corrected chi connectivity index (χ0v) is 13.6. The molecule has 0 aliphatic heterocycles. The van der Waals surface area contributed by atoms with Crippen LogP contribution in [0.15, 0.2) is 29.1 Å². The minimum atomic E-state index is -0.847. The van der Waals surface area contributed by atoms with Crippen LogP contribution in [0.1, 0.15) is 35.2 Å². The van der Waals surface area contributed by atoms with Crippen LogP contribution in [0, 0.1) is 13.8 Å². The summed E-state index contributed by atoms with van der Waals surface area (Å²) in [5.41, 5.74) is 2.75. The van der Waals surface area contributed by atoms with Crippen LogP contribution in [-0.2, 0) is 11.2 Å². The topological polar surface area (TPSA) is 106 Å². The first-order chi connectivity index (χ1) is 11.6. The standard InChI is InChI=1S/C16H19N5O3/c1-10-12(11(2)21-16(20-10)18-9-19-21)5-6-15(23)17-8-13(22)14-4-3-7-24-14/h3-4,7,9,13,22H,5-6,8H2,1-2H3,(H,17,23). The van der Waals surface area contributed by atoms with Gasteiger partial charge in [0.15, 0.2) is 0 Å². The van der Waals surface area contributed by atoms with E-state index >= 15 is 0 Å². The number of aliphatic hydroxyl groups is 1. The summed E-state index contributed by atoms with van der Waals surface area (Å²) in [6.45, 7) is 3.95. The summed E-state index contributed by atoms with van der Waals surface area (Å²) in [5.74, 6) is 0.848. The summed E-state index contributed by atoms with van der Waals surface area (Å²) < 4.78 is 6.76. The molecule has 126 valence electrons. The van der Waals surface area contributed by atoms with E-state index in [4.69, 9.17) is 4.42 Å². The van der Waals surface area contributed by atoms with Crippen molar-refractivity contribution >= 4 is 11.7 Å². The molecular weight excluding hydrogens is 310 g/mol. The van der Waals surface area contributed by atoms with E-state index in [1.807, 2.05) is 13.8 Å². The van der Waals surface area contributed by atoms with Crippen molar-refractivity contribution in [1.82, 2.24) is 24.9 Å². The van der Waals surface area contributed by atoms with Crippen molar-refractivity contribution in [3.05, 3.63) is 47.4 Å². The number of aryl methyl sites for hydroxylation is 2. The molecule has 3 aromatic heterocycles. The number of carbonyl (C=O) groups is 1. The van der Waals surface area contributed by atoms with E-state index in [1.54, 1.807) is 16.6 Å². The van der Waals surface area contributed by atoms with Crippen LogP contribution in [0.2, 0.25) is 0 Å². The maximum Gasteiger partial charge on any atom is 0.252 e. The fourth-order valence-corrected chi connectivity index (χ4v) is 2.64. The van der Waals surface area contributed by atoms with Gasteiger partial charge in [-0.1, -0.05) is 0 Å². The highest BCUT2D eigenvalue weighted by atomic mass is 16.4. The third-order valence-electron chi connectivity index (χ3n) is 3.95. The highest BCUT2D eigenvalue weighted by Crippen LogP contribution is 2.15. The summed E-state index contributed by atoms with van der Waals surface area (Å²) in [4.78, 5) is 20.5. The fraction of sp³-hybridized carbons (Fsp3) is 0.375. The van der Waals surface area contributed by atoms with E-state index < -0.39 is 6.10 Å². The number of rotatable bonds is 6. The summed E-state index contributed by atoms with van der Waals surface area (Å²) in [6, 6.07) is 3.36. The van der Waals surface area contributed by atoms with E-state index in [-0.39, 0.29) is 12.5 Å². The molecule has 0 aliphatic rings. The lowest BCUT2D eigenvalue weighted by atomic mass is 10.1. The number of nitrogens with zero attached hydrogens (tertiary/aromatic N) is 4. The molecule has 2 N–H and O–H groups in total. The van der Waals surface area contributed by atoms with Gasteiger partial charge in [0.2, 0.25) is 5.91 Å². The monoisotopic (exact) mass is 329 g/mol. The van der Waals surface area contributed by atoms with Gasteiger partial charge in [-0.25, -0.2) is 9.50 Å². The van der Waals surface area contributed by atoms with E-state index in [2.05, 4.69) is 20.4 Å². The zero-order valence-electron chi connectivity index (χ0n) is 13.6. The molecule has 8 heteroatoms. The van der Waals surface area contributed by atoms with Crippen molar-refractivity contribution in [2.24, 2.45) is 0 Å². The molecule has 0 aliphatic carbocycles. The third-order valence-corrected chi connectivity index (χ3v) is 3.95. The van der Waals surface area contributed by atoms with Gasteiger partial charge in [-0.2, -0.15) is 10.1 Å². The van der Waals surface area contributed by atoms with Crippen molar-refractivity contribution in [3.8, 4) is 0 Å². The van der Waals surface area contributed by atoms with E-state index in [0.29, 0.717) is 24.4 Å². The lowest BCUT2D eigenvalue weighted by Gasteiger charge is -2.12. The number of hydrogen-bond donors (Lipinski definition) is 2. The van der Waals surface area contributed by atoms with Crippen LogP contribution in [0.5, 0.6) is 0 Å². The molecule has 1 amide bonds. The first-order valence-corrected chi connectivity index (χ1v) is 7.70. The molecule has 8 nitrogen and oxygen atoms in total. The SMILES string of the molecule is Cc1nc2ncnn2c(C)c1CCC(=O)NCC(O)c1ccco1. The number of amides is 1. The lowest BCUT2D eigenvalue weighted by molar-refractivity contribution is -0.121. The summed E-state index contributed by atoms with van der Waals surface area (Å²) in [6.07, 6.45) is 2.94. The number of aliphatic hydroxyl groups excluding tert-OH is 1. The molecule has 24 heavy (non-hydrogen) atoms. The Morgan fingerprint density at radius 3 is 3.04 bits per heavy atom. The Morgan fingerprint density at radius 1 is 1.46 bits per heavy atom. The van der Waals surface area contributed by atoms with Crippen molar-refractivity contribution in [3.63, 3.8) is 0 Å². The Hall–Kier alpha value is -2.74. The van der Waals surface area contributed by atoms with Gasteiger partial charge in [0.1, 0.15) is 18.2 Å². The number of nitrogens with one attached hydrogen (secondary N) is 1. The smallest absolute Gasteiger partial charge is 0.252 e. The van der Waals surface area contributed by atoms with E-state index in [0.717, 1.165) is 17.0 Å². The molecule has 0 saturated heterocycles. The second-order valence-electron chi connectivity index (χ2n) is 5.57. The normalized spacial score (nSPS) is 12.5. The minimum absolute atomic E-state index is 0.116. The van der Waals surface area contributed by atoms with Crippen molar-refractivity contribution < 1.29 is 14.3 Å². The van der Waals surface area contributed by atoms with Gasteiger partial charge in [-0.15, -0.1) is 0 Å². The lowest BCUT2D eigenvalue weighted by Crippen LogP contribution is -2.28. The highest BCUT2D eigenvalue weighted by molar-refractivity contribution is 5.76. The molecule has 1 atom stereocenters. The number of hydrogen-bond acceptors (Lipinski definition) is 6. The number of carbonyl (C=O) groups excluding carboxylic acids is 1. The van der Waals surface area contributed by atoms with Crippen LogP contribution < -0.4 is 5.32 Å². The van der Waals surface area contributed by atoms with Crippen LogP contribution >= 0.6 is 0 Å². The van der Waals surface area contributed by atoms with Crippen molar-refractivity contribution in [2.45, 2.75) is 32.8 Å². The fourth-order valence-electron chi connectivity index (χ4n) is 2.64. The largest absolute Gasteiger partial charge is 0.467 e. The Balaban J connectivity index is 1.58. The maximum atomic E-state index is 12.0. The number of aromatic nitrogens is 4. The molecule has 0 bridgehead atoms. The Labute approximate surface area is 138 Å². The predicted molar refractivity (Wildman–Crippen MR) is 85.3 cm³/mol. The third kappa shape index (κ3) is 3.28. The molecule has 3 heterocycles. The molecule has 0 fully saturated rings. The van der Waals surface area contributed by atoms with Gasteiger partial charge in [0.25, 0.3) is 5.78 Å². The van der Waals surface area contributed by atoms with Crippen molar-refractivity contribution in [1.29, 1.82) is 0 Å². The second-order valence-corrected chi connectivity index (χ2v) is 5.57. The predicted octanol–water partition coefficient (Wildman–Crippen LogP) is 1.12. The zero-order chi connectivity index (χ0) is 17.1. The van der Waals surface area contributed by atoms with Crippen LogP contribution in [0.25, 0.3) is 5.78 Å². The first kappa shape index (κ1) is 16.1. The molecule has 0 aromatic carbocycles. The Kier molecular flexibility index (Phi) is 4.57. The molecule has 3 aromatic rings. The van der Waals surface area contributed by atoms with Gasteiger partial charge in [-0.05, 0) is 38.0 Å². The molecule has 0 radical (unpaired) electrons. The molecule has 1 unspecified atom stereocenters. The van der Waals surface area contributed by atoms with Crippen LogP contribution in [0.3, 0.4) is 0 Å². The van der Waals surface area contributed by atoms with Crippen LogP contribution in [-0.4, -0.2) is 37.1 Å². The molecule has 0 saturated carbocycles. The Bertz CT molecular complexity index is 841. The average molecular weight is 329 g/mol. The van der Waals surface area contributed by atoms with Gasteiger partial charge in [0.05, 0.1) is 12.8 Å². The van der Waals surface area contributed by atoms with Gasteiger partial charge >= 0.3 is 0 Å².